The number of hydrogen-bond acceptors (Lipinski definition) is 3. The first kappa shape index (κ1) is 15.8. The van der Waals surface area contributed by atoms with E-state index in [0.29, 0.717) is 17.1 Å². The number of benzene rings is 2. The van der Waals surface area contributed by atoms with Gasteiger partial charge in [-0.25, -0.2) is 0 Å². The van der Waals surface area contributed by atoms with Gasteiger partial charge in [-0.3, -0.25) is 4.79 Å². The van der Waals surface area contributed by atoms with E-state index < -0.39 is 0 Å². The highest BCUT2D eigenvalue weighted by atomic mass is 16.5. The van der Waals surface area contributed by atoms with Crippen LogP contribution in [0, 0.1) is 13.8 Å². The standard InChI is InChI=1S/C19H20O3/c1-13-5-6-15(14(2)11-13)7-10-18(20)17-9-8-16(21-3)12-19(17)22-4/h5-12H,1-4H3/b10-7+. The lowest BCUT2D eigenvalue weighted by Gasteiger charge is -2.08. The molecule has 0 atom stereocenters. The van der Waals surface area contributed by atoms with Crippen LogP contribution in [0.25, 0.3) is 6.08 Å². The summed E-state index contributed by atoms with van der Waals surface area (Å²) in [5, 5.41) is 0. The Bertz CT molecular complexity index is 715. The summed E-state index contributed by atoms with van der Waals surface area (Å²) in [6.07, 6.45) is 3.41. The molecule has 0 aliphatic heterocycles. The molecule has 0 bridgehead atoms. The van der Waals surface area contributed by atoms with Crippen LogP contribution in [0.2, 0.25) is 0 Å². The minimum absolute atomic E-state index is 0.0977. The van der Waals surface area contributed by atoms with Crippen molar-refractivity contribution in [3.63, 3.8) is 0 Å². The quantitative estimate of drug-likeness (QED) is 0.612. The average Bonchev–Trinajstić information content (AvgIpc) is 2.53. The average molecular weight is 296 g/mol. The predicted molar refractivity (Wildman–Crippen MR) is 88.8 cm³/mol. The number of hydrogen-bond donors (Lipinski definition) is 0. The molecule has 0 fully saturated rings. The van der Waals surface area contributed by atoms with Crippen LogP contribution >= 0.6 is 0 Å². The summed E-state index contributed by atoms with van der Waals surface area (Å²) in [6, 6.07) is 11.3. The summed E-state index contributed by atoms with van der Waals surface area (Å²) in [4.78, 5) is 12.4. The third-order valence-electron chi connectivity index (χ3n) is 3.51. The van der Waals surface area contributed by atoms with Crippen molar-refractivity contribution in [2.45, 2.75) is 13.8 Å². The second kappa shape index (κ2) is 6.94. The first-order valence-electron chi connectivity index (χ1n) is 7.07. The fraction of sp³-hybridized carbons (Fsp3) is 0.211. The minimum atomic E-state index is -0.0977. The highest BCUT2D eigenvalue weighted by molar-refractivity contribution is 6.08. The molecule has 2 rings (SSSR count). The second-order valence-electron chi connectivity index (χ2n) is 5.12. The van der Waals surface area contributed by atoms with Crippen LogP contribution in [0.5, 0.6) is 11.5 Å². The van der Waals surface area contributed by atoms with Gasteiger partial charge in [-0.05, 0) is 43.2 Å². The third kappa shape index (κ3) is 3.55. The maximum atomic E-state index is 12.4. The first-order chi connectivity index (χ1) is 10.5. The van der Waals surface area contributed by atoms with Gasteiger partial charge in [0.25, 0.3) is 0 Å². The Kier molecular flexibility index (Phi) is 4.99. The van der Waals surface area contributed by atoms with Gasteiger partial charge in [-0.1, -0.05) is 29.8 Å². The number of aryl methyl sites for hydroxylation is 2. The van der Waals surface area contributed by atoms with Crippen LogP contribution in [-0.2, 0) is 0 Å². The lowest BCUT2D eigenvalue weighted by Crippen LogP contribution is -1.99. The van der Waals surface area contributed by atoms with Gasteiger partial charge in [0, 0.05) is 6.07 Å². The van der Waals surface area contributed by atoms with E-state index in [0.717, 1.165) is 11.1 Å². The van der Waals surface area contributed by atoms with Crippen molar-refractivity contribution in [1.29, 1.82) is 0 Å². The highest BCUT2D eigenvalue weighted by Crippen LogP contribution is 2.25. The number of ether oxygens (including phenoxy) is 2. The van der Waals surface area contributed by atoms with E-state index in [-0.39, 0.29) is 5.78 Å². The molecule has 0 N–H and O–H groups in total. The van der Waals surface area contributed by atoms with Crippen LogP contribution in [0.1, 0.15) is 27.0 Å². The van der Waals surface area contributed by atoms with Crippen LogP contribution < -0.4 is 9.47 Å². The van der Waals surface area contributed by atoms with Crippen molar-refractivity contribution in [2.75, 3.05) is 14.2 Å². The van der Waals surface area contributed by atoms with E-state index in [1.807, 2.05) is 32.1 Å². The van der Waals surface area contributed by atoms with E-state index in [9.17, 15) is 4.79 Å². The van der Waals surface area contributed by atoms with Crippen LogP contribution in [0.3, 0.4) is 0 Å². The van der Waals surface area contributed by atoms with E-state index in [1.54, 1.807) is 38.5 Å². The molecule has 0 amide bonds. The zero-order valence-electron chi connectivity index (χ0n) is 13.3. The molecular weight excluding hydrogens is 276 g/mol. The van der Waals surface area contributed by atoms with Gasteiger partial charge < -0.3 is 9.47 Å². The molecule has 0 aliphatic carbocycles. The summed E-state index contributed by atoms with van der Waals surface area (Å²) in [6.45, 7) is 4.08. The molecule has 0 unspecified atom stereocenters. The molecule has 0 saturated carbocycles. The molecule has 0 spiro atoms. The Hall–Kier alpha value is -2.55. The van der Waals surface area contributed by atoms with Crippen molar-refractivity contribution < 1.29 is 14.3 Å². The Morgan fingerprint density at radius 3 is 2.41 bits per heavy atom. The number of methoxy groups -OCH3 is 2. The molecule has 2 aromatic carbocycles. The van der Waals surface area contributed by atoms with Crippen LogP contribution in [0.15, 0.2) is 42.5 Å². The van der Waals surface area contributed by atoms with Crippen molar-refractivity contribution in [2.24, 2.45) is 0 Å². The number of ketones is 1. The fourth-order valence-corrected chi connectivity index (χ4v) is 2.27. The Morgan fingerprint density at radius 1 is 1.00 bits per heavy atom. The van der Waals surface area contributed by atoms with Crippen LogP contribution in [-0.4, -0.2) is 20.0 Å². The summed E-state index contributed by atoms with van der Waals surface area (Å²) >= 11 is 0. The van der Waals surface area contributed by atoms with Crippen molar-refractivity contribution in [3.05, 3.63) is 64.7 Å². The molecule has 0 aliphatic rings. The number of carbonyl (C=O) groups is 1. The molecule has 3 nitrogen and oxygen atoms in total. The van der Waals surface area contributed by atoms with Crippen molar-refractivity contribution in [3.8, 4) is 11.5 Å². The van der Waals surface area contributed by atoms with Gasteiger partial charge in [0.2, 0.25) is 0 Å². The van der Waals surface area contributed by atoms with E-state index in [4.69, 9.17) is 9.47 Å². The second-order valence-corrected chi connectivity index (χ2v) is 5.12. The van der Waals surface area contributed by atoms with E-state index >= 15 is 0 Å². The SMILES string of the molecule is COc1ccc(C(=O)/C=C/c2ccc(C)cc2C)c(OC)c1. The largest absolute Gasteiger partial charge is 0.497 e. The monoisotopic (exact) mass is 296 g/mol. The smallest absolute Gasteiger partial charge is 0.189 e. The number of rotatable bonds is 5. The Morgan fingerprint density at radius 2 is 1.77 bits per heavy atom. The van der Waals surface area contributed by atoms with E-state index in [1.165, 1.54) is 5.56 Å². The molecule has 0 radical (unpaired) electrons. The summed E-state index contributed by atoms with van der Waals surface area (Å²) in [5.74, 6) is 1.07. The van der Waals surface area contributed by atoms with Gasteiger partial charge in [0.05, 0.1) is 19.8 Å². The van der Waals surface area contributed by atoms with E-state index in [2.05, 4.69) is 6.07 Å². The Balaban J connectivity index is 2.27. The van der Waals surface area contributed by atoms with Gasteiger partial charge >= 0.3 is 0 Å². The van der Waals surface area contributed by atoms with Crippen molar-refractivity contribution >= 4 is 11.9 Å². The lowest BCUT2D eigenvalue weighted by molar-refractivity contribution is 0.104. The molecule has 0 aromatic heterocycles. The predicted octanol–water partition coefficient (Wildman–Crippen LogP) is 4.22. The zero-order chi connectivity index (χ0) is 16.1. The lowest BCUT2D eigenvalue weighted by atomic mass is 10.0. The van der Waals surface area contributed by atoms with Crippen LogP contribution in [0.4, 0.5) is 0 Å². The molecule has 0 heterocycles. The highest BCUT2D eigenvalue weighted by Gasteiger charge is 2.10. The molecule has 0 saturated heterocycles. The normalized spacial score (nSPS) is 10.7. The maximum absolute atomic E-state index is 12.4. The minimum Gasteiger partial charge on any atom is -0.497 e. The third-order valence-corrected chi connectivity index (χ3v) is 3.51. The summed E-state index contributed by atoms with van der Waals surface area (Å²) < 4.78 is 10.4. The fourth-order valence-electron chi connectivity index (χ4n) is 2.27. The summed E-state index contributed by atoms with van der Waals surface area (Å²) in [5.41, 5.74) is 3.90. The van der Waals surface area contributed by atoms with Crippen molar-refractivity contribution in [1.82, 2.24) is 0 Å². The van der Waals surface area contributed by atoms with Gasteiger partial charge in [0.1, 0.15) is 11.5 Å². The van der Waals surface area contributed by atoms with Gasteiger partial charge in [-0.2, -0.15) is 0 Å². The molecule has 2 aromatic rings. The zero-order valence-corrected chi connectivity index (χ0v) is 13.3. The number of carbonyl (C=O) groups excluding carboxylic acids is 1. The summed E-state index contributed by atoms with van der Waals surface area (Å²) in [7, 11) is 3.12. The molecular formula is C19H20O3. The van der Waals surface area contributed by atoms with Gasteiger partial charge in [0.15, 0.2) is 5.78 Å². The number of allylic oxidation sites excluding steroid dienone is 1. The molecule has 22 heavy (non-hydrogen) atoms. The topological polar surface area (TPSA) is 35.5 Å². The maximum Gasteiger partial charge on any atom is 0.189 e. The van der Waals surface area contributed by atoms with Gasteiger partial charge in [-0.15, -0.1) is 0 Å². The molecule has 3 heteroatoms. The Labute approximate surface area is 131 Å². The first-order valence-corrected chi connectivity index (χ1v) is 7.07. The molecule has 114 valence electrons.